The van der Waals surface area contributed by atoms with Crippen LogP contribution in [0, 0.1) is 0 Å². The third-order valence-corrected chi connectivity index (χ3v) is 2.98. The average Bonchev–Trinajstić information content (AvgIpc) is 2.33. The van der Waals surface area contributed by atoms with Gasteiger partial charge in [-0.05, 0) is 32.3 Å². The molecule has 5 heteroatoms. The minimum atomic E-state index is 0.714. The quantitative estimate of drug-likeness (QED) is 0.819. The number of likely N-dealkylation sites (N-methyl/N-ethyl adjacent to an activating group) is 2. The number of nitrogens with zero attached hydrogens (tertiary/aromatic N) is 3. The Hall–Kier alpha value is -0.840. The largest absolute Gasteiger partial charge is 0.357 e. The van der Waals surface area contributed by atoms with Crippen LogP contribution in [0.4, 0.5) is 5.82 Å². The number of hydrogen-bond acceptors (Lipinski definition) is 4. The molecule has 1 aromatic rings. The molecule has 18 heavy (non-hydrogen) atoms. The van der Waals surface area contributed by atoms with Crippen LogP contribution in [-0.4, -0.2) is 50.7 Å². The summed E-state index contributed by atoms with van der Waals surface area (Å²) in [6.07, 6.45) is 1.88. The lowest BCUT2D eigenvalue weighted by atomic mass is 10.2. The van der Waals surface area contributed by atoms with Crippen molar-refractivity contribution in [1.29, 1.82) is 0 Å². The zero-order valence-electron chi connectivity index (χ0n) is 11.7. The molecule has 4 nitrogen and oxygen atoms in total. The molecular weight excluding hydrogens is 248 g/mol. The Bertz CT molecular complexity index is 368. The van der Waals surface area contributed by atoms with E-state index in [0.29, 0.717) is 5.02 Å². The number of pyridine rings is 1. The van der Waals surface area contributed by atoms with Gasteiger partial charge in [0.2, 0.25) is 0 Å². The van der Waals surface area contributed by atoms with Crippen LogP contribution in [-0.2, 0) is 6.54 Å². The fourth-order valence-corrected chi connectivity index (χ4v) is 1.91. The van der Waals surface area contributed by atoms with Crippen LogP contribution >= 0.6 is 11.6 Å². The van der Waals surface area contributed by atoms with Gasteiger partial charge in [0.15, 0.2) is 0 Å². The highest BCUT2D eigenvalue weighted by atomic mass is 35.5. The van der Waals surface area contributed by atoms with Gasteiger partial charge in [0.05, 0.1) is 5.02 Å². The molecule has 0 aromatic carbocycles. The maximum absolute atomic E-state index is 6.27. The van der Waals surface area contributed by atoms with E-state index in [0.717, 1.165) is 37.6 Å². The highest BCUT2D eigenvalue weighted by Crippen LogP contribution is 2.22. The molecule has 102 valence electrons. The molecule has 0 aliphatic rings. The lowest BCUT2D eigenvalue weighted by Gasteiger charge is -2.21. The van der Waals surface area contributed by atoms with Crippen molar-refractivity contribution in [2.45, 2.75) is 13.5 Å². The number of rotatable bonds is 7. The van der Waals surface area contributed by atoms with Gasteiger partial charge in [-0.2, -0.15) is 0 Å². The van der Waals surface area contributed by atoms with E-state index in [1.807, 2.05) is 19.3 Å². The minimum Gasteiger partial charge on any atom is -0.357 e. The summed E-state index contributed by atoms with van der Waals surface area (Å²) in [5.74, 6) is 0.846. The van der Waals surface area contributed by atoms with Crippen molar-refractivity contribution < 1.29 is 0 Å². The van der Waals surface area contributed by atoms with Gasteiger partial charge in [-0.15, -0.1) is 0 Å². The smallest absolute Gasteiger partial charge is 0.147 e. The van der Waals surface area contributed by atoms with Crippen LogP contribution in [0.25, 0.3) is 0 Å². The third kappa shape index (κ3) is 4.80. The van der Waals surface area contributed by atoms with Crippen LogP contribution in [0.2, 0.25) is 5.02 Å². The Morgan fingerprint density at radius 2 is 2.00 bits per heavy atom. The first kappa shape index (κ1) is 15.2. The Morgan fingerprint density at radius 1 is 1.28 bits per heavy atom. The van der Waals surface area contributed by atoms with Crippen molar-refractivity contribution in [1.82, 2.24) is 15.2 Å². The Balaban J connectivity index is 2.66. The summed E-state index contributed by atoms with van der Waals surface area (Å²) in [4.78, 5) is 8.67. The molecular formula is C13H23ClN4. The topological polar surface area (TPSA) is 31.4 Å². The van der Waals surface area contributed by atoms with E-state index in [1.54, 1.807) is 0 Å². The maximum atomic E-state index is 6.27. The van der Waals surface area contributed by atoms with E-state index in [9.17, 15) is 0 Å². The lowest BCUT2D eigenvalue weighted by Crippen LogP contribution is -2.29. The fraction of sp³-hybridized carbons (Fsp3) is 0.615. The number of aromatic nitrogens is 1. The first-order valence-corrected chi connectivity index (χ1v) is 6.63. The molecule has 0 radical (unpaired) electrons. The van der Waals surface area contributed by atoms with Crippen LogP contribution in [0.1, 0.15) is 12.5 Å². The molecule has 1 heterocycles. The van der Waals surface area contributed by atoms with E-state index in [-0.39, 0.29) is 0 Å². The summed E-state index contributed by atoms with van der Waals surface area (Å²) in [5, 5.41) is 3.98. The first-order valence-electron chi connectivity index (χ1n) is 6.25. The molecule has 1 aromatic heterocycles. The molecule has 0 atom stereocenters. The molecule has 0 aliphatic heterocycles. The van der Waals surface area contributed by atoms with E-state index < -0.39 is 0 Å². The average molecular weight is 271 g/mol. The number of halogens is 1. The monoisotopic (exact) mass is 270 g/mol. The molecule has 0 amide bonds. The van der Waals surface area contributed by atoms with Crippen LogP contribution < -0.4 is 10.2 Å². The molecule has 0 saturated carbocycles. The molecule has 0 fully saturated rings. The standard InChI is InChI=1S/C13H23ClN4/c1-5-15-9-11-8-12(14)13(16-10-11)18(4)7-6-17(2)3/h8,10,15H,5-7,9H2,1-4H3. The zero-order valence-corrected chi connectivity index (χ0v) is 12.5. The number of anilines is 1. The normalized spacial score (nSPS) is 11.0. The maximum Gasteiger partial charge on any atom is 0.147 e. The highest BCUT2D eigenvalue weighted by Gasteiger charge is 2.08. The van der Waals surface area contributed by atoms with Gasteiger partial charge in [-0.25, -0.2) is 4.98 Å². The van der Waals surface area contributed by atoms with Crippen molar-refractivity contribution in [2.75, 3.05) is 45.7 Å². The van der Waals surface area contributed by atoms with Crippen molar-refractivity contribution in [3.05, 3.63) is 22.8 Å². The summed E-state index contributed by atoms with van der Waals surface area (Å²) in [5.41, 5.74) is 1.12. The van der Waals surface area contributed by atoms with Crippen molar-refractivity contribution >= 4 is 17.4 Å². The van der Waals surface area contributed by atoms with Crippen LogP contribution in [0.3, 0.4) is 0 Å². The highest BCUT2D eigenvalue weighted by molar-refractivity contribution is 6.33. The van der Waals surface area contributed by atoms with Gasteiger partial charge < -0.3 is 15.1 Å². The molecule has 0 unspecified atom stereocenters. The second kappa shape index (κ2) is 7.56. The van der Waals surface area contributed by atoms with Gasteiger partial charge in [0, 0.05) is 32.9 Å². The van der Waals surface area contributed by atoms with Gasteiger partial charge in [-0.3, -0.25) is 0 Å². The molecule has 0 bridgehead atoms. The van der Waals surface area contributed by atoms with E-state index in [4.69, 9.17) is 11.6 Å². The fourth-order valence-electron chi connectivity index (χ4n) is 1.57. The van der Waals surface area contributed by atoms with Gasteiger partial charge in [0.1, 0.15) is 5.82 Å². The summed E-state index contributed by atoms with van der Waals surface area (Å²) >= 11 is 6.27. The third-order valence-electron chi connectivity index (χ3n) is 2.70. The predicted octanol–water partition coefficient (Wildman–Crippen LogP) is 1.84. The SMILES string of the molecule is CCNCc1cnc(N(C)CCN(C)C)c(Cl)c1. The van der Waals surface area contributed by atoms with E-state index >= 15 is 0 Å². The summed E-state index contributed by atoms with van der Waals surface area (Å²) in [6.45, 7) is 5.73. The van der Waals surface area contributed by atoms with Gasteiger partial charge in [-0.1, -0.05) is 18.5 Å². The lowest BCUT2D eigenvalue weighted by molar-refractivity contribution is 0.416. The first-order chi connectivity index (χ1) is 8.54. The Morgan fingerprint density at radius 3 is 2.56 bits per heavy atom. The van der Waals surface area contributed by atoms with Crippen molar-refractivity contribution in [3.63, 3.8) is 0 Å². The van der Waals surface area contributed by atoms with Gasteiger partial charge in [0.25, 0.3) is 0 Å². The van der Waals surface area contributed by atoms with E-state index in [2.05, 4.69) is 41.1 Å². The Kier molecular flexibility index (Phi) is 6.39. The number of hydrogen-bond donors (Lipinski definition) is 1. The molecule has 1 rings (SSSR count). The van der Waals surface area contributed by atoms with Crippen molar-refractivity contribution in [2.24, 2.45) is 0 Å². The minimum absolute atomic E-state index is 0.714. The summed E-state index contributed by atoms with van der Waals surface area (Å²) in [7, 11) is 6.13. The second-order valence-corrected chi connectivity index (χ2v) is 5.06. The van der Waals surface area contributed by atoms with Crippen LogP contribution in [0.5, 0.6) is 0 Å². The summed E-state index contributed by atoms with van der Waals surface area (Å²) in [6, 6.07) is 1.98. The summed E-state index contributed by atoms with van der Waals surface area (Å²) < 4.78 is 0. The van der Waals surface area contributed by atoms with Gasteiger partial charge >= 0.3 is 0 Å². The molecule has 0 aliphatic carbocycles. The molecule has 0 saturated heterocycles. The Labute approximate surface area is 115 Å². The predicted molar refractivity (Wildman–Crippen MR) is 78.5 cm³/mol. The molecule has 1 N–H and O–H groups in total. The number of nitrogens with one attached hydrogen (secondary N) is 1. The van der Waals surface area contributed by atoms with Crippen LogP contribution in [0.15, 0.2) is 12.3 Å². The van der Waals surface area contributed by atoms with Crippen molar-refractivity contribution in [3.8, 4) is 0 Å². The zero-order chi connectivity index (χ0) is 13.5. The second-order valence-electron chi connectivity index (χ2n) is 4.65. The van der Waals surface area contributed by atoms with E-state index in [1.165, 1.54) is 0 Å². The molecule has 0 spiro atoms.